The summed E-state index contributed by atoms with van der Waals surface area (Å²) in [5, 5.41) is 8.44. The lowest BCUT2D eigenvalue weighted by molar-refractivity contribution is -0.137. The lowest BCUT2D eigenvalue weighted by Gasteiger charge is -2.07. The number of carboxylic acid groups (broad SMARTS) is 1. The van der Waals surface area contributed by atoms with Gasteiger partial charge in [-0.1, -0.05) is 39.0 Å². The van der Waals surface area contributed by atoms with Crippen LogP contribution in [0.25, 0.3) is 0 Å². The van der Waals surface area contributed by atoms with E-state index < -0.39 is 5.97 Å². The van der Waals surface area contributed by atoms with Crippen molar-refractivity contribution in [1.82, 2.24) is 0 Å². The Morgan fingerprint density at radius 1 is 1.29 bits per heavy atom. The Bertz CT molecular complexity index is 142. The molecule has 0 aromatic carbocycles. The summed E-state index contributed by atoms with van der Waals surface area (Å²) in [5.41, 5.74) is 5.61. The van der Waals surface area contributed by atoms with Gasteiger partial charge in [0.2, 0.25) is 0 Å². The van der Waals surface area contributed by atoms with Gasteiger partial charge in [0, 0.05) is 6.04 Å². The van der Waals surface area contributed by atoms with E-state index in [2.05, 4.69) is 6.92 Å². The average Bonchev–Trinajstić information content (AvgIpc) is 2.02. The average molecular weight is 224 g/mol. The van der Waals surface area contributed by atoms with Crippen LogP contribution in [0.15, 0.2) is 0 Å². The molecular formula is C10H22ClNO2. The Hall–Kier alpha value is -0.280. The molecule has 0 aliphatic heterocycles. The van der Waals surface area contributed by atoms with Crippen LogP contribution in [0.4, 0.5) is 0 Å². The third kappa shape index (κ3) is 11.7. The highest BCUT2D eigenvalue weighted by Gasteiger charge is 2.06. The molecule has 0 heterocycles. The minimum Gasteiger partial charge on any atom is -0.481 e. The molecule has 0 bridgehead atoms. The Kier molecular flexibility index (Phi) is 12.5. The predicted molar refractivity (Wildman–Crippen MR) is 60.9 cm³/mol. The van der Waals surface area contributed by atoms with E-state index in [1.54, 1.807) is 0 Å². The first-order valence-corrected chi connectivity index (χ1v) is 5.14. The second-order valence-electron chi connectivity index (χ2n) is 3.56. The molecule has 1 unspecified atom stereocenters. The van der Waals surface area contributed by atoms with Crippen molar-refractivity contribution in [3.05, 3.63) is 0 Å². The monoisotopic (exact) mass is 223 g/mol. The second kappa shape index (κ2) is 10.8. The highest BCUT2D eigenvalue weighted by Crippen LogP contribution is 2.07. The number of aliphatic carboxylic acids is 1. The van der Waals surface area contributed by atoms with Crippen LogP contribution in [0.2, 0.25) is 0 Å². The Balaban J connectivity index is 0. The van der Waals surface area contributed by atoms with E-state index in [1.165, 1.54) is 25.7 Å². The number of rotatable bonds is 8. The highest BCUT2D eigenvalue weighted by atomic mass is 35.5. The molecule has 14 heavy (non-hydrogen) atoms. The standard InChI is InChI=1S/C10H21NO2.ClH/c1-2-3-4-5-6-7-9(11)8-10(12)13;/h9H,2-8,11H2,1H3,(H,12,13);1H. The van der Waals surface area contributed by atoms with Crippen molar-refractivity contribution in [1.29, 1.82) is 0 Å². The predicted octanol–water partition coefficient (Wildman–Crippen LogP) is 2.57. The molecule has 3 nitrogen and oxygen atoms in total. The molecule has 4 heteroatoms. The lowest BCUT2D eigenvalue weighted by atomic mass is 10.1. The molecule has 0 rings (SSSR count). The van der Waals surface area contributed by atoms with Crippen molar-refractivity contribution in [2.45, 2.75) is 57.9 Å². The molecule has 3 N–H and O–H groups in total. The van der Waals surface area contributed by atoms with Gasteiger partial charge in [-0.3, -0.25) is 4.79 Å². The molecule has 0 aromatic heterocycles. The normalized spacial score (nSPS) is 11.9. The Morgan fingerprint density at radius 3 is 2.36 bits per heavy atom. The van der Waals surface area contributed by atoms with Crippen LogP contribution in [-0.2, 0) is 4.79 Å². The van der Waals surface area contributed by atoms with E-state index in [0.717, 1.165) is 12.8 Å². The van der Waals surface area contributed by atoms with Gasteiger partial charge in [-0.25, -0.2) is 0 Å². The summed E-state index contributed by atoms with van der Waals surface area (Å²) in [7, 11) is 0. The smallest absolute Gasteiger partial charge is 0.304 e. The number of hydrogen-bond donors (Lipinski definition) is 2. The lowest BCUT2D eigenvalue weighted by Crippen LogP contribution is -2.23. The van der Waals surface area contributed by atoms with Gasteiger partial charge in [-0.2, -0.15) is 0 Å². The van der Waals surface area contributed by atoms with Crippen molar-refractivity contribution in [3.63, 3.8) is 0 Å². The molecule has 0 radical (unpaired) electrons. The first-order valence-electron chi connectivity index (χ1n) is 5.14. The second-order valence-corrected chi connectivity index (χ2v) is 3.56. The van der Waals surface area contributed by atoms with E-state index in [0.29, 0.717) is 0 Å². The fourth-order valence-corrected chi connectivity index (χ4v) is 1.34. The molecule has 0 saturated carbocycles. The van der Waals surface area contributed by atoms with Crippen LogP contribution in [-0.4, -0.2) is 17.1 Å². The van der Waals surface area contributed by atoms with Crippen molar-refractivity contribution < 1.29 is 9.90 Å². The summed E-state index contributed by atoms with van der Waals surface area (Å²) in [6.07, 6.45) is 6.95. The van der Waals surface area contributed by atoms with Gasteiger partial charge in [0.15, 0.2) is 0 Å². The van der Waals surface area contributed by atoms with E-state index in [-0.39, 0.29) is 24.9 Å². The fourth-order valence-electron chi connectivity index (χ4n) is 1.34. The summed E-state index contributed by atoms with van der Waals surface area (Å²) in [5.74, 6) is -0.791. The first-order chi connectivity index (χ1) is 6.16. The SMILES string of the molecule is CCCCCCCC(N)CC(=O)O.Cl. The first kappa shape index (κ1) is 16.2. The summed E-state index contributed by atoms with van der Waals surface area (Å²) in [6, 6.07) is -0.154. The number of unbranched alkanes of at least 4 members (excludes halogenated alkanes) is 4. The highest BCUT2D eigenvalue weighted by molar-refractivity contribution is 5.85. The summed E-state index contributed by atoms with van der Waals surface area (Å²) in [4.78, 5) is 10.3. The van der Waals surface area contributed by atoms with Gasteiger partial charge < -0.3 is 10.8 Å². The molecule has 0 amide bonds. The minimum atomic E-state index is -0.791. The number of nitrogens with two attached hydrogens (primary N) is 1. The summed E-state index contributed by atoms with van der Waals surface area (Å²) in [6.45, 7) is 2.18. The van der Waals surface area contributed by atoms with Gasteiger partial charge in [-0.15, -0.1) is 12.4 Å². The maximum Gasteiger partial charge on any atom is 0.304 e. The van der Waals surface area contributed by atoms with E-state index in [1.807, 2.05) is 0 Å². The van der Waals surface area contributed by atoms with Gasteiger partial charge in [0.1, 0.15) is 0 Å². The van der Waals surface area contributed by atoms with Crippen molar-refractivity contribution in [3.8, 4) is 0 Å². The quantitative estimate of drug-likeness (QED) is 0.622. The Labute approximate surface area is 92.5 Å². The minimum absolute atomic E-state index is 0. The molecule has 0 aromatic rings. The maximum absolute atomic E-state index is 10.3. The third-order valence-corrected chi connectivity index (χ3v) is 2.12. The summed E-state index contributed by atoms with van der Waals surface area (Å²) < 4.78 is 0. The van der Waals surface area contributed by atoms with Gasteiger partial charge in [0.25, 0.3) is 0 Å². The maximum atomic E-state index is 10.3. The molecular weight excluding hydrogens is 202 g/mol. The fraction of sp³-hybridized carbons (Fsp3) is 0.900. The number of hydrogen-bond acceptors (Lipinski definition) is 2. The Morgan fingerprint density at radius 2 is 1.86 bits per heavy atom. The zero-order valence-electron chi connectivity index (χ0n) is 8.87. The van der Waals surface area contributed by atoms with Crippen molar-refractivity contribution >= 4 is 18.4 Å². The molecule has 0 aliphatic rings. The topological polar surface area (TPSA) is 63.3 Å². The van der Waals surface area contributed by atoms with Crippen LogP contribution in [0.3, 0.4) is 0 Å². The largest absolute Gasteiger partial charge is 0.481 e. The van der Waals surface area contributed by atoms with Gasteiger partial charge in [0.05, 0.1) is 6.42 Å². The van der Waals surface area contributed by atoms with E-state index >= 15 is 0 Å². The molecule has 0 fully saturated rings. The number of carbonyl (C=O) groups is 1. The third-order valence-electron chi connectivity index (χ3n) is 2.12. The van der Waals surface area contributed by atoms with E-state index in [4.69, 9.17) is 10.8 Å². The molecule has 0 saturated heterocycles. The van der Waals surface area contributed by atoms with Crippen molar-refractivity contribution in [2.75, 3.05) is 0 Å². The van der Waals surface area contributed by atoms with Crippen LogP contribution in [0, 0.1) is 0 Å². The number of halogens is 1. The van der Waals surface area contributed by atoms with Crippen LogP contribution >= 0.6 is 12.4 Å². The molecule has 0 aliphatic carbocycles. The molecule has 1 atom stereocenters. The van der Waals surface area contributed by atoms with Crippen molar-refractivity contribution in [2.24, 2.45) is 5.73 Å². The van der Waals surface area contributed by atoms with Crippen LogP contribution in [0.5, 0.6) is 0 Å². The number of carboxylic acids is 1. The summed E-state index contributed by atoms with van der Waals surface area (Å²) >= 11 is 0. The van der Waals surface area contributed by atoms with E-state index in [9.17, 15) is 4.79 Å². The molecule has 0 spiro atoms. The van der Waals surface area contributed by atoms with Gasteiger partial charge in [-0.05, 0) is 6.42 Å². The van der Waals surface area contributed by atoms with Crippen LogP contribution < -0.4 is 5.73 Å². The van der Waals surface area contributed by atoms with Gasteiger partial charge >= 0.3 is 5.97 Å². The van der Waals surface area contributed by atoms with Crippen LogP contribution in [0.1, 0.15) is 51.9 Å². The zero-order chi connectivity index (χ0) is 10.1. The zero-order valence-corrected chi connectivity index (χ0v) is 9.68. The molecule has 86 valence electrons.